The van der Waals surface area contributed by atoms with Crippen LogP contribution in [0.25, 0.3) is 0 Å². The maximum atomic E-state index is 13.5. The summed E-state index contributed by atoms with van der Waals surface area (Å²) < 4.78 is 59.4. The van der Waals surface area contributed by atoms with Crippen LogP contribution in [0.15, 0.2) is 77.7 Å². The Labute approximate surface area is 194 Å². The van der Waals surface area contributed by atoms with Gasteiger partial charge in [0.1, 0.15) is 0 Å². The number of nitrogens with one attached hydrogen (secondary N) is 2. The van der Waals surface area contributed by atoms with Crippen LogP contribution in [0, 0.1) is 11.6 Å². The van der Waals surface area contributed by atoms with E-state index in [1.807, 2.05) is 0 Å². The first-order valence-corrected chi connectivity index (χ1v) is 11.9. The lowest BCUT2D eigenvalue weighted by Crippen LogP contribution is -2.33. The third-order valence-electron chi connectivity index (χ3n) is 5.04. The second-order valence-electron chi connectivity index (χ2n) is 7.74. The molecule has 0 saturated heterocycles. The van der Waals surface area contributed by atoms with Crippen molar-refractivity contribution in [2.24, 2.45) is 0 Å². The lowest BCUT2D eigenvalue weighted by atomic mass is 10.1. The Kier molecular flexibility index (Phi) is 6.60. The summed E-state index contributed by atoms with van der Waals surface area (Å²) in [5.74, 6) is -3.77. The molecular weight excluding hydrogens is 466 g/mol. The van der Waals surface area contributed by atoms with Gasteiger partial charge in [0.05, 0.1) is 10.5 Å². The molecule has 1 amide bonds. The summed E-state index contributed by atoms with van der Waals surface area (Å²) in [6, 6.07) is 16.2. The van der Waals surface area contributed by atoms with Crippen molar-refractivity contribution in [3.8, 4) is 0 Å². The normalized spacial score (nSPS) is 14.2. The standard InChI is InChI=1S/C24H20F2N2O5S/c25-20-12-11-19(14-21(20)26)34(31,32)28-18-8-4-7-16(13-18)24(30)33-22(15-5-2-1-3-6-15)23(29)27-17-9-10-17/h1-8,11-14,17,22,28H,9-10H2,(H,27,29). The molecule has 0 heterocycles. The number of benzene rings is 3. The SMILES string of the molecule is O=C(OC(C(=O)NC1CC1)c1ccccc1)c1cccc(NS(=O)(=O)c2ccc(F)c(F)c2)c1. The van der Waals surface area contributed by atoms with Crippen LogP contribution in [0.5, 0.6) is 0 Å². The fourth-order valence-electron chi connectivity index (χ4n) is 3.15. The van der Waals surface area contributed by atoms with Crippen molar-refractivity contribution in [2.45, 2.75) is 29.9 Å². The highest BCUT2D eigenvalue weighted by molar-refractivity contribution is 7.92. The summed E-state index contributed by atoms with van der Waals surface area (Å²) in [6.07, 6.45) is 0.541. The number of anilines is 1. The minimum Gasteiger partial charge on any atom is -0.444 e. The zero-order chi connectivity index (χ0) is 24.3. The molecule has 1 unspecified atom stereocenters. The first-order valence-electron chi connectivity index (χ1n) is 10.4. The zero-order valence-corrected chi connectivity index (χ0v) is 18.5. The Morgan fingerprint density at radius 3 is 2.32 bits per heavy atom. The number of sulfonamides is 1. The van der Waals surface area contributed by atoms with Gasteiger partial charge in [-0.2, -0.15) is 0 Å². The molecule has 0 bridgehead atoms. The molecule has 0 spiro atoms. The quantitative estimate of drug-likeness (QED) is 0.470. The molecule has 1 aliphatic carbocycles. The predicted molar refractivity (Wildman–Crippen MR) is 119 cm³/mol. The minimum absolute atomic E-state index is 0.00197. The molecular formula is C24H20F2N2O5S. The molecule has 176 valence electrons. The van der Waals surface area contributed by atoms with Crippen LogP contribution in [0.4, 0.5) is 14.5 Å². The number of amides is 1. The maximum Gasteiger partial charge on any atom is 0.339 e. The Bertz CT molecular complexity index is 1330. The molecule has 4 rings (SSSR count). The average Bonchev–Trinajstić information content (AvgIpc) is 3.63. The van der Waals surface area contributed by atoms with E-state index in [4.69, 9.17) is 4.74 Å². The number of ether oxygens (including phenoxy) is 1. The summed E-state index contributed by atoms with van der Waals surface area (Å²) in [5, 5.41) is 2.81. The van der Waals surface area contributed by atoms with Crippen molar-refractivity contribution in [1.29, 1.82) is 0 Å². The molecule has 7 nitrogen and oxygen atoms in total. The molecule has 0 aromatic heterocycles. The van der Waals surface area contributed by atoms with Gasteiger partial charge in [0.15, 0.2) is 11.6 Å². The summed E-state index contributed by atoms with van der Waals surface area (Å²) in [5.41, 5.74) is 0.479. The van der Waals surface area contributed by atoms with Gasteiger partial charge < -0.3 is 10.1 Å². The second-order valence-corrected chi connectivity index (χ2v) is 9.42. The summed E-state index contributed by atoms with van der Waals surface area (Å²) >= 11 is 0. The highest BCUT2D eigenvalue weighted by Gasteiger charge is 2.31. The van der Waals surface area contributed by atoms with Crippen LogP contribution < -0.4 is 10.0 Å². The maximum absolute atomic E-state index is 13.5. The van der Waals surface area contributed by atoms with Gasteiger partial charge in [-0.05, 0) is 49.2 Å². The van der Waals surface area contributed by atoms with Crippen LogP contribution in [-0.4, -0.2) is 26.3 Å². The third kappa shape index (κ3) is 5.57. The van der Waals surface area contributed by atoms with Crippen LogP contribution in [0.3, 0.4) is 0 Å². The van der Waals surface area contributed by atoms with Gasteiger partial charge in [-0.25, -0.2) is 22.0 Å². The molecule has 3 aromatic rings. The van der Waals surface area contributed by atoms with Gasteiger partial charge in [0, 0.05) is 17.3 Å². The lowest BCUT2D eigenvalue weighted by Gasteiger charge is -2.18. The van der Waals surface area contributed by atoms with E-state index >= 15 is 0 Å². The van der Waals surface area contributed by atoms with Crippen molar-refractivity contribution in [3.05, 3.63) is 95.6 Å². The number of halogens is 2. The Morgan fingerprint density at radius 1 is 0.912 bits per heavy atom. The van der Waals surface area contributed by atoms with Crippen molar-refractivity contribution in [3.63, 3.8) is 0 Å². The van der Waals surface area contributed by atoms with Crippen molar-refractivity contribution < 1.29 is 31.5 Å². The van der Waals surface area contributed by atoms with E-state index in [2.05, 4.69) is 10.0 Å². The van der Waals surface area contributed by atoms with Gasteiger partial charge in [-0.1, -0.05) is 36.4 Å². The monoisotopic (exact) mass is 486 g/mol. The van der Waals surface area contributed by atoms with Crippen LogP contribution in [0.1, 0.15) is 34.9 Å². The van der Waals surface area contributed by atoms with E-state index in [-0.39, 0.29) is 17.3 Å². The molecule has 10 heteroatoms. The van der Waals surface area contributed by atoms with Gasteiger partial charge in [0.25, 0.3) is 15.9 Å². The number of carbonyl (C=O) groups is 2. The molecule has 1 saturated carbocycles. The first kappa shape index (κ1) is 23.4. The van der Waals surface area contributed by atoms with Gasteiger partial charge >= 0.3 is 5.97 Å². The molecule has 0 radical (unpaired) electrons. The van der Waals surface area contributed by atoms with E-state index in [0.29, 0.717) is 17.7 Å². The average molecular weight is 486 g/mol. The smallest absolute Gasteiger partial charge is 0.339 e. The predicted octanol–water partition coefficient (Wildman–Crippen LogP) is 3.94. The van der Waals surface area contributed by atoms with Crippen LogP contribution in [0.2, 0.25) is 0 Å². The minimum atomic E-state index is -4.25. The fraction of sp³-hybridized carbons (Fsp3) is 0.167. The highest BCUT2D eigenvalue weighted by Crippen LogP contribution is 2.25. The molecule has 1 fully saturated rings. The second kappa shape index (κ2) is 9.60. The first-order chi connectivity index (χ1) is 16.2. The fourth-order valence-corrected chi connectivity index (χ4v) is 4.21. The van der Waals surface area contributed by atoms with Crippen LogP contribution in [-0.2, 0) is 19.6 Å². The van der Waals surface area contributed by atoms with Gasteiger partial charge in [-0.15, -0.1) is 0 Å². The molecule has 34 heavy (non-hydrogen) atoms. The summed E-state index contributed by atoms with van der Waals surface area (Å²) in [6.45, 7) is 0. The Hall–Kier alpha value is -3.79. The zero-order valence-electron chi connectivity index (χ0n) is 17.7. The van der Waals surface area contributed by atoms with E-state index in [1.165, 1.54) is 24.3 Å². The van der Waals surface area contributed by atoms with E-state index in [0.717, 1.165) is 18.9 Å². The summed E-state index contributed by atoms with van der Waals surface area (Å²) in [4.78, 5) is 25.0. The Morgan fingerprint density at radius 2 is 1.65 bits per heavy atom. The molecule has 2 N–H and O–H groups in total. The molecule has 1 aliphatic rings. The molecule has 0 aliphatic heterocycles. The number of hydrogen-bond donors (Lipinski definition) is 2. The van der Waals surface area contributed by atoms with Crippen LogP contribution >= 0.6 is 0 Å². The van der Waals surface area contributed by atoms with Crippen molar-refractivity contribution >= 4 is 27.6 Å². The number of hydrogen-bond acceptors (Lipinski definition) is 5. The number of rotatable bonds is 8. The number of carbonyl (C=O) groups excluding carboxylic acids is 2. The van der Waals surface area contributed by atoms with E-state index in [1.54, 1.807) is 30.3 Å². The third-order valence-corrected chi connectivity index (χ3v) is 6.42. The van der Waals surface area contributed by atoms with Crippen molar-refractivity contribution in [2.75, 3.05) is 4.72 Å². The Balaban J connectivity index is 1.53. The van der Waals surface area contributed by atoms with Crippen molar-refractivity contribution in [1.82, 2.24) is 5.32 Å². The lowest BCUT2D eigenvalue weighted by molar-refractivity contribution is -0.130. The van der Waals surface area contributed by atoms with Gasteiger partial charge in [0.2, 0.25) is 6.10 Å². The molecule has 3 aromatic carbocycles. The largest absolute Gasteiger partial charge is 0.444 e. The van der Waals surface area contributed by atoms with E-state index in [9.17, 15) is 26.8 Å². The molecule has 1 atom stereocenters. The number of esters is 1. The summed E-state index contributed by atoms with van der Waals surface area (Å²) in [7, 11) is -4.25. The topological polar surface area (TPSA) is 102 Å². The van der Waals surface area contributed by atoms with E-state index < -0.39 is 44.5 Å². The van der Waals surface area contributed by atoms with Gasteiger partial charge in [-0.3, -0.25) is 9.52 Å². The highest BCUT2D eigenvalue weighted by atomic mass is 32.2.